The van der Waals surface area contributed by atoms with Crippen molar-refractivity contribution in [3.05, 3.63) is 35.4 Å². The molecule has 1 fully saturated rings. The van der Waals surface area contributed by atoms with Gasteiger partial charge in [0.15, 0.2) is 0 Å². The molecule has 1 saturated carbocycles. The van der Waals surface area contributed by atoms with Crippen LogP contribution >= 0.6 is 0 Å². The van der Waals surface area contributed by atoms with Gasteiger partial charge in [-0.25, -0.2) is 0 Å². The van der Waals surface area contributed by atoms with Crippen molar-refractivity contribution in [2.45, 2.75) is 45.2 Å². The molecule has 2 nitrogen and oxygen atoms in total. The van der Waals surface area contributed by atoms with Crippen LogP contribution in [-0.2, 0) is 6.54 Å². The minimum Gasteiger partial charge on any atom is -0.395 e. The normalized spacial score (nSPS) is 17.4. The summed E-state index contributed by atoms with van der Waals surface area (Å²) in [5.74, 6) is 1.30. The largest absolute Gasteiger partial charge is 0.395 e. The van der Waals surface area contributed by atoms with E-state index in [9.17, 15) is 5.11 Å². The van der Waals surface area contributed by atoms with E-state index in [1.165, 1.54) is 24.0 Å². The van der Waals surface area contributed by atoms with Crippen molar-refractivity contribution in [2.24, 2.45) is 5.92 Å². The second-order valence-corrected chi connectivity index (χ2v) is 5.43. The predicted octanol–water partition coefficient (Wildman–Crippen LogP) is 2.67. The first-order valence-electron chi connectivity index (χ1n) is 6.63. The first-order valence-corrected chi connectivity index (χ1v) is 6.63. The van der Waals surface area contributed by atoms with Crippen LogP contribution in [0.1, 0.15) is 43.7 Å². The monoisotopic (exact) mass is 233 g/mol. The van der Waals surface area contributed by atoms with E-state index < -0.39 is 0 Å². The number of hydrogen-bond donors (Lipinski definition) is 2. The predicted molar refractivity (Wildman–Crippen MR) is 71.0 cm³/mol. The van der Waals surface area contributed by atoms with E-state index >= 15 is 0 Å². The lowest BCUT2D eigenvalue weighted by Gasteiger charge is -2.20. The van der Waals surface area contributed by atoms with Gasteiger partial charge >= 0.3 is 0 Å². The van der Waals surface area contributed by atoms with E-state index in [-0.39, 0.29) is 12.6 Å². The number of nitrogens with one attached hydrogen (secondary N) is 1. The molecule has 2 heteroatoms. The van der Waals surface area contributed by atoms with Gasteiger partial charge in [-0.1, -0.05) is 38.1 Å². The fourth-order valence-electron chi connectivity index (χ4n) is 2.08. The van der Waals surface area contributed by atoms with Gasteiger partial charge in [0, 0.05) is 12.6 Å². The first-order chi connectivity index (χ1) is 8.20. The standard InChI is InChI=1S/C15H23NO/c1-11(2)15(10-17)16-9-12-3-5-13(6-4-12)14-7-8-14/h3-6,11,14-17H,7-10H2,1-2H3/t15-/m1/s1. The lowest BCUT2D eigenvalue weighted by molar-refractivity contribution is 0.210. The summed E-state index contributed by atoms with van der Waals surface area (Å²) in [5, 5.41) is 12.6. The Kier molecular flexibility index (Phi) is 4.19. The van der Waals surface area contributed by atoms with Crippen molar-refractivity contribution < 1.29 is 5.11 Å². The van der Waals surface area contributed by atoms with Crippen molar-refractivity contribution in [3.8, 4) is 0 Å². The Morgan fingerprint density at radius 3 is 2.35 bits per heavy atom. The number of benzene rings is 1. The van der Waals surface area contributed by atoms with Gasteiger partial charge in [-0.05, 0) is 35.8 Å². The zero-order chi connectivity index (χ0) is 12.3. The fourth-order valence-corrected chi connectivity index (χ4v) is 2.08. The summed E-state index contributed by atoms with van der Waals surface area (Å²) in [5.41, 5.74) is 2.78. The average Bonchev–Trinajstić information content (AvgIpc) is 3.14. The summed E-state index contributed by atoms with van der Waals surface area (Å²) in [6, 6.07) is 9.10. The highest BCUT2D eigenvalue weighted by Crippen LogP contribution is 2.39. The van der Waals surface area contributed by atoms with E-state index in [4.69, 9.17) is 0 Å². The molecule has 2 rings (SSSR count). The van der Waals surface area contributed by atoms with Crippen LogP contribution in [0.15, 0.2) is 24.3 Å². The minimum atomic E-state index is 0.193. The van der Waals surface area contributed by atoms with Crippen LogP contribution in [0.2, 0.25) is 0 Å². The zero-order valence-corrected chi connectivity index (χ0v) is 10.8. The van der Waals surface area contributed by atoms with Gasteiger partial charge in [-0.2, -0.15) is 0 Å². The highest BCUT2D eigenvalue weighted by Gasteiger charge is 2.22. The lowest BCUT2D eigenvalue weighted by atomic mass is 10.0. The molecule has 17 heavy (non-hydrogen) atoms. The minimum absolute atomic E-state index is 0.193. The molecule has 1 aliphatic rings. The van der Waals surface area contributed by atoms with Crippen molar-refractivity contribution in [2.75, 3.05) is 6.61 Å². The topological polar surface area (TPSA) is 32.3 Å². The second kappa shape index (κ2) is 5.65. The third-order valence-corrected chi connectivity index (χ3v) is 3.60. The average molecular weight is 233 g/mol. The maximum Gasteiger partial charge on any atom is 0.0587 e. The van der Waals surface area contributed by atoms with Gasteiger partial charge in [0.2, 0.25) is 0 Å². The van der Waals surface area contributed by atoms with Gasteiger partial charge in [0.25, 0.3) is 0 Å². The molecule has 1 aliphatic carbocycles. The number of hydrogen-bond acceptors (Lipinski definition) is 2. The Labute approximate surface area is 104 Å². The quantitative estimate of drug-likeness (QED) is 0.791. The van der Waals surface area contributed by atoms with Crippen LogP contribution in [0, 0.1) is 5.92 Å². The molecule has 0 spiro atoms. The van der Waals surface area contributed by atoms with E-state index in [1.54, 1.807) is 0 Å². The fraction of sp³-hybridized carbons (Fsp3) is 0.600. The molecule has 0 unspecified atom stereocenters. The highest BCUT2D eigenvalue weighted by molar-refractivity contribution is 5.27. The SMILES string of the molecule is CC(C)[C@@H](CO)NCc1ccc(C2CC2)cc1. The number of aliphatic hydroxyl groups excluding tert-OH is 1. The number of aliphatic hydroxyl groups is 1. The van der Waals surface area contributed by atoms with E-state index in [2.05, 4.69) is 43.4 Å². The zero-order valence-electron chi connectivity index (χ0n) is 10.8. The summed E-state index contributed by atoms with van der Waals surface area (Å²) < 4.78 is 0. The Morgan fingerprint density at radius 2 is 1.88 bits per heavy atom. The van der Waals surface area contributed by atoms with Gasteiger partial charge in [-0.15, -0.1) is 0 Å². The molecular formula is C15H23NO. The summed E-state index contributed by atoms with van der Waals surface area (Å²) >= 11 is 0. The molecular weight excluding hydrogens is 210 g/mol. The van der Waals surface area contributed by atoms with E-state index in [1.807, 2.05) is 0 Å². The van der Waals surface area contributed by atoms with Crippen LogP contribution < -0.4 is 5.32 Å². The van der Waals surface area contributed by atoms with Crippen molar-refractivity contribution in [3.63, 3.8) is 0 Å². The number of rotatable bonds is 6. The molecule has 0 amide bonds. The molecule has 0 heterocycles. The van der Waals surface area contributed by atoms with Crippen LogP contribution in [0.5, 0.6) is 0 Å². The maximum atomic E-state index is 9.24. The molecule has 94 valence electrons. The van der Waals surface area contributed by atoms with Crippen LogP contribution in [0.3, 0.4) is 0 Å². The van der Waals surface area contributed by atoms with Gasteiger partial charge in [0.05, 0.1) is 6.61 Å². The molecule has 2 N–H and O–H groups in total. The van der Waals surface area contributed by atoms with Crippen LogP contribution in [-0.4, -0.2) is 17.8 Å². The summed E-state index contributed by atoms with van der Waals surface area (Å²) in [6.45, 7) is 5.31. The van der Waals surface area contributed by atoms with E-state index in [0.717, 1.165) is 12.5 Å². The molecule has 1 aromatic carbocycles. The second-order valence-electron chi connectivity index (χ2n) is 5.43. The van der Waals surface area contributed by atoms with Gasteiger partial charge in [-0.3, -0.25) is 0 Å². The van der Waals surface area contributed by atoms with Crippen molar-refractivity contribution in [1.29, 1.82) is 0 Å². The highest BCUT2D eigenvalue weighted by atomic mass is 16.3. The summed E-state index contributed by atoms with van der Waals surface area (Å²) in [4.78, 5) is 0. The molecule has 0 bridgehead atoms. The van der Waals surface area contributed by atoms with Crippen molar-refractivity contribution in [1.82, 2.24) is 5.32 Å². The Balaban J connectivity index is 1.85. The molecule has 0 saturated heterocycles. The maximum absolute atomic E-state index is 9.24. The van der Waals surface area contributed by atoms with Crippen molar-refractivity contribution >= 4 is 0 Å². The third kappa shape index (κ3) is 3.55. The molecule has 0 radical (unpaired) electrons. The smallest absolute Gasteiger partial charge is 0.0587 e. The molecule has 1 atom stereocenters. The molecule has 0 aliphatic heterocycles. The Hall–Kier alpha value is -0.860. The lowest BCUT2D eigenvalue weighted by Crippen LogP contribution is -2.36. The summed E-state index contributed by atoms with van der Waals surface area (Å²) in [6.07, 6.45) is 2.72. The summed E-state index contributed by atoms with van der Waals surface area (Å²) in [7, 11) is 0. The molecule has 1 aromatic rings. The van der Waals surface area contributed by atoms with E-state index in [0.29, 0.717) is 5.92 Å². The van der Waals surface area contributed by atoms with Gasteiger partial charge < -0.3 is 10.4 Å². The van der Waals surface area contributed by atoms with Crippen LogP contribution in [0.4, 0.5) is 0 Å². The third-order valence-electron chi connectivity index (χ3n) is 3.60. The first kappa shape index (κ1) is 12.6. The molecule has 0 aromatic heterocycles. The van der Waals surface area contributed by atoms with Crippen LogP contribution in [0.25, 0.3) is 0 Å². The Morgan fingerprint density at radius 1 is 1.24 bits per heavy atom. The Bertz CT molecular complexity index is 340. The van der Waals surface area contributed by atoms with Gasteiger partial charge in [0.1, 0.15) is 0 Å².